The van der Waals surface area contributed by atoms with Crippen molar-refractivity contribution >= 4 is 12.1 Å². The fourth-order valence-electron chi connectivity index (χ4n) is 2.56. The third-order valence-electron chi connectivity index (χ3n) is 3.78. The van der Waals surface area contributed by atoms with E-state index in [4.69, 9.17) is 4.74 Å². The molecule has 1 amide bonds. The Morgan fingerprint density at radius 3 is 1.96 bits per heavy atom. The number of ether oxygens (including phenoxy) is 2. The number of nitrogens with zero attached hydrogens (tertiary/aromatic N) is 1. The highest BCUT2D eigenvalue weighted by Crippen LogP contribution is 2.30. The first kappa shape index (κ1) is 20.9. The van der Waals surface area contributed by atoms with Gasteiger partial charge in [0, 0.05) is 6.54 Å². The van der Waals surface area contributed by atoms with E-state index in [2.05, 4.69) is 4.74 Å². The van der Waals surface area contributed by atoms with E-state index >= 15 is 0 Å². The molecule has 2 rings (SSSR count). The Balaban J connectivity index is 2.27. The number of rotatable bonds is 2. The normalized spacial score (nSPS) is 17.6. The minimum atomic E-state index is -2.36. The molecule has 27 heavy (non-hydrogen) atoms. The second kappa shape index (κ2) is 7.69. The van der Waals surface area contributed by atoms with Crippen molar-refractivity contribution < 1.29 is 41.0 Å². The molecular formula is C17H18F5NO4. The van der Waals surface area contributed by atoms with Crippen molar-refractivity contribution in [1.82, 2.24) is 4.90 Å². The Kier molecular flexibility index (Phi) is 5.96. The van der Waals surface area contributed by atoms with Gasteiger partial charge in [-0.3, -0.25) is 4.90 Å². The van der Waals surface area contributed by atoms with Crippen LogP contribution < -0.4 is 4.74 Å². The van der Waals surface area contributed by atoms with Gasteiger partial charge in [0.2, 0.25) is 34.8 Å². The number of hydrogen-bond acceptors (Lipinski definition) is 4. The van der Waals surface area contributed by atoms with E-state index in [-0.39, 0.29) is 13.0 Å². The van der Waals surface area contributed by atoms with Crippen LogP contribution in [-0.4, -0.2) is 35.2 Å². The molecule has 0 saturated carbocycles. The minimum absolute atomic E-state index is 0.0907. The number of halogens is 5. The summed E-state index contributed by atoms with van der Waals surface area (Å²) >= 11 is 0. The van der Waals surface area contributed by atoms with Gasteiger partial charge in [-0.2, -0.15) is 8.78 Å². The van der Waals surface area contributed by atoms with Crippen molar-refractivity contribution in [2.24, 2.45) is 0 Å². The molecule has 10 heteroatoms. The molecule has 0 radical (unpaired) electrons. The van der Waals surface area contributed by atoms with E-state index in [1.54, 1.807) is 20.8 Å². The predicted molar refractivity (Wildman–Crippen MR) is 82.4 cm³/mol. The van der Waals surface area contributed by atoms with E-state index in [0.717, 1.165) is 4.90 Å². The molecule has 1 aromatic rings. The highest BCUT2D eigenvalue weighted by Gasteiger charge is 2.38. The maximum Gasteiger partial charge on any atom is 0.411 e. The highest BCUT2D eigenvalue weighted by molar-refractivity contribution is 5.83. The molecule has 0 aromatic heterocycles. The zero-order chi connectivity index (χ0) is 20.5. The van der Waals surface area contributed by atoms with Gasteiger partial charge in [0.15, 0.2) is 0 Å². The van der Waals surface area contributed by atoms with Crippen LogP contribution in [0.1, 0.15) is 40.0 Å². The number of hydrogen-bond donors (Lipinski definition) is 0. The third-order valence-corrected chi connectivity index (χ3v) is 3.78. The number of likely N-dealkylation sites (tertiary alicyclic amines) is 1. The minimum Gasteiger partial charge on any atom is -0.444 e. The molecule has 1 heterocycles. The van der Waals surface area contributed by atoms with Gasteiger partial charge in [-0.15, -0.1) is 0 Å². The average Bonchev–Trinajstić information content (AvgIpc) is 2.60. The second-order valence-electron chi connectivity index (χ2n) is 7.01. The number of esters is 1. The van der Waals surface area contributed by atoms with E-state index in [9.17, 15) is 31.5 Å². The molecule has 150 valence electrons. The Morgan fingerprint density at radius 1 is 0.926 bits per heavy atom. The van der Waals surface area contributed by atoms with Crippen molar-refractivity contribution in [2.45, 2.75) is 51.7 Å². The third kappa shape index (κ3) is 4.48. The first-order valence-electron chi connectivity index (χ1n) is 8.16. The molecule has 1 aromatic carbocycles. The van der Waals surface area contributed by atoms with Gasteiger partial charge in [-0.1, -0.05) is 0 Å². The van der Waals surface area contributed by atoms with E-state index < -0.39 is 58.5 Å². The zero-order valence-corrected chi connectivity index (χ0v) is 14.9. The lowest BCUT2D eigenvalue weighted by Gasteiger charge is -2.35. The van der Waals surface area contributed by atoms with Gasteiger partial charge in [0.05, 0.1) is 0 Å². The average molecular weight is 395 g/mol. The van der Waals surface area contributed by atoms with Crippen molar-refractivity contribution in [3.05, 3.63) is 29.1 Å². The molecule has 1 saturated heterocycles. The molecule has 0 bridgehead atoms. The summed E-state index contributed by atoms with van der Waals surface area (Å²) in [5.41, 5.74) is -0.857. The zero-order valence-electron chi connectivity index (χ0n) is 14.9. The maximum absolute atomic E-state index is 13.7. The fraction of sp³-hybridized carbons (Fsp3) is 0.529. The molecule has 1 unspecified atom stereocenters. The summed E-state index contributed by atoms with van der Waals surface area (Å²) in [5.74, 6) is -14.4. The summed E-state index contributed by atoms with van der Waals surface area (Å²) in [7, 11) is 0. The number of benzene rings is 1. The molecular weight excluding hydrogens is 377 g/mol. The molecule has 1 aliphatic rings. The van der Waals surface area contributed by atoms with Crippen LogP contribution in [0.5, 0.6) is 5.75 Å². The van der Waals surface area contributed by atoms with E-state index in [1.165, 1.54) is 0 Å². The molecule has 1 fully saturated rings. The van der Waals surface area contributed by atoms with Gasteiger partial charge >= 0.3 is 12.1 Å². The quantitative estimate of drug-likeness (QED) is 0.249. The number of carbonyl (C=O) groups excluding carboxylic acids is 2. The molecule has 1 aliphatic heterocycles. The topological polar surface area (TPSA) is 55.8 Å². The van der Waals surface area contributed by atoms with Crippen LogP contribution in [0.3, 0.4) is 0 Å². The molecule has 1 atom stereocenters. The fourth-order valence-corrected chi connectivity index (χ4v) is 2.56. The van der Waals surface area contributed by atoms with Gasteiger partial charge < -0.3 is 9.47 Å². The largest absolute Gasteiger partial charge is 0.444 e. The van der Waals surface area contributed by atoms with Crippen molar-refractivity contribution in [2.75, 3.05) is 6.54 Å². The number of piperidine rings is 1. The van der Waals surface area contributed by atoms with Crippen LogP contribution in [0.4, 0.5) is 26.7 Å². The van der Waals surface area contributed by atoms with Crippen molar-refractivity contribution in [3.63, 3.8) is 0 Å². The second-order valence-corrected chi connectivity index (χ2v) is 7.01. The Hall–Kier alpha value is -2.39. The summed E-state index contributed by atoms with van der Waals surface area (Å²) in [4.78, 5) is 25.6. The van der Waals surface area contributed by atoms with Crippen LogP contribution in [0.15, 0.2) is 0 Å². The standard InChI is InChI=1S/C17H18F5NO4/c1-17(2,3)27-16(25)23-7-5-4-6-8(23)15(24)26-14-12(21)10(19)9(18)11(20)13(14)22/h8H,4-7H2,1-3H3. The van der Waals surface area contributed by atoms with Crippen LogP contribution >= 0.6 is 0 Å². The van der Waals surface area contributed by atoms with Crippen LogP contribution in [0.25, 0.3) is 0 Å². The summed E-state index contributed by atoms with van der Waals surface area (Å²) in [6.07, 6.45) is 0.288. The van der Waals surface area contributed by atoms with Crippen LogP contribution in [0.2, 0.25) is 0 Å². The lowest BCUT2D eigenvalue weighted by Crippen LogP contribution is -2.51. The van der Waals surface area contributed by atoms with Gasteiger partial charge in [-0.25, -0.2) is 22.8 Å². The van der Waals surface area contributed by atoms with Crippen LogP contribution in [0, 0.1) is 29.1 Å². The summed E-state index contributed by atoms with van der Waals surface area (Å²) < 4.78 is 76.6. The Labute approximate surface area is 152 Å². The lowest BCUT2D eigenvalue weighted by molar-refractivity contribution is -0.142. The monoisotopic (exact) mass is 395 g/mol. The number of amides is 1. The highest BCUT2D eigenvalue weighted by atomic mass is 19.2. The van der Waals surface area contributed by atoms with Crippen LogP contribution in [-0.2, 0) is 9.53 Å². The molecule has 0 N–H and O–H groups in total. The summed E-state index contributed by atoms with van der Waals surface area (Å²) in [6, 6.07) is -1.27. The predicted octanol–water partition coefficient (Wildman–Crippen LogP) is 4.08. The Morgan fingerprint density at radius 2 is 1.44 bits per heavy atom. The van der Waals surface area contributed by atoms with Crippen molar-refractivity contribution in [3.8, 4) is 5.75 Å². The molecule has 5 nitrogen and oxygen atoms in total. The van der Waals surface area contributed by atoms with Gasteiger partial charge in [0.1, 0.15) is 11.6 Å². The smallest absolute Gasteiger partial charge is 0.411 e. The maximum atomic E-state index is 13.7. The van der Waals surface area contributed by atoms with Gasteiger partial charge in [0.25, 0.3) is 0 Å². The summed E-state index contributed by atoms with van der Waals surface area (Å²) in [5, 5.41) is 0. The van der Waals surface area contributed by atoms with E-state index in [0.29, 0.717) is 12.8 Å². The number of carbonyl (C=O) groups is 2. The van der Waals surface area contributed by atoms with Crippen molar-refractivity contribution in [1.29, 1.82) is 0 Å². The molecule has 0 spiro atoms. The summed E-state index contributed by atoms with van der Waals surface area (Å²) in [6.45, 7) is 4.94. The van der Waals surface area contributed by atoms with E-state index in [1.807, 2.05) is 0 Å². The molecule has 0 aliphatic carbocycles. The SMILES string of the molecule is CC(C)(C)OC(=O)N1CCCCC1C(=O)Oc1c(F)c(F)c(F)c(F)c1F. The Bertz CT molecular complexity index is 734. The van der Waals surface area contributed by atoms with Gasteiger partial charge in [-0.05, 0) is 40.0 Å². The first-order valence-corrected chi connectivity index (χ1v) is 8.16. The lowest BCUT2D eigenvalue weighted by atomic mass is 10.0. The first-order chi connectivity index (χ1) is 12.4.